The van der Waals surface area contributed by atoms with E-state index in [0.29, 0.717) is 41.1 Å². The van der Waals surface area contributed by atoms with Gasteiger partial charge in [0, 0.05) is 24.2 Å². The fraction of sp³-hybridized carbons (Fsp3) is 0.231. The Balaban J connectivity index is 2.11. The minimum Gasteiger partial charge on any atom is -0.489 e. The van der Waals surface area contributed by atoms with Crippen LogP contribution in [0.25, 0.3) is 11.4 Å². The normalized spacial score (nSPS) is 13.9. The van der Waals surface area contributed by atoms with Crippen LogP contribution in [0.4, 0.5) is 0 Å². The second-order valence-corrected chi connectivity index (χ2v) is 4.53. The van der Waals surface area contributed by atoms with Gasteiger partial charge >= 0.3 is 0 Å². The number of aromatic nitrogens is 2. The van der Waals surface area contributed by atoms with E-state index in [4.69, 9.17) is 21.1 Å². The summed E-state index contributed by atoms with van der Waals surface area (Å²) >= 11 is 6.18. The lowest BCUT2D eigenvalue weighted by atomic mass is 10.2. The van der Waals surface area contributed by atoms with Gasteiger partial charge in [-0.15, -0.1) is 0 Å². The molecule has 0 bridgehead atoms. The van der Waals surface area contributed by atoms with E-state index in [0.717, 1.165) is 6.42 Å². The van der Waals surface area contributed by atoms with Crippen LogP contribution in [0.5, 0.6) is 11.5 Å². The highest BCUT2D eigenvalue weighted by Gasteiger charge is 2.16. The van der Waals surface area contributed by atoms with Crippen molar-refractivity contribution in [2.45, 2.75) is 6.42 Å². The molecule has 19 heavy (non-hydrogen) atoms. The molecule has 1 aliphatic rings. The number of aromatic amines is 1. The van der Waals surface area contributed by atoms with Crippen molar-refractivity contribution in [2.24, 2.45) is 0 Å². The predicted octanol–water partition coefficient (Wildman–Crippen LogP) is 2.25. The number of H-pyrrole nitrogens is 1. The van der Waals surface area contributed by atoms with Crippen molar-refractivity contribution in [3.63, 3.8) is 0 Å². The largest absolute Gasteiger partial charge is 0.489 e. The lowest BCUT2D eigenvalue weighted by Gasteiger charge is -2.11. The first-order valence-electron chi connectivity index (χ1n) is 5.89. The summed E-state index contributed by atoms with van der Waals surface area (Å²) in [5, 5.41) is 0.445. The van der Waals surface area contributed by atoms with Crippen LogP contribution in [0.3, 0.4) is 0 Å². The smallest absolute Gasteiger partial charge is 0.251 e. The zero-order valence-electron chi connectivity index (χ0n) is 9.98. The molecule has 3 rings (SSSR count). The highest BCUT2D eigenvalue weighted by molar-refractivity contribution is 6.32. The maximum absolute atomic E-state index is 11.3. The quantitative estimate of drug-likeness (QED) is 0.869. The number of nitrogens with zero attached hydrogens (tertiary/aromatic N) is 1. The Labute approximate surface area is 114 Å². The summed E-state index contributed by atoms with van der Waals surface area (Å²) in [7, 11) is 0. The molecule has 0 saturated carbocycles. The number of hydrogen-bond donors (Lipinski definition) is 1. The highest BCUT2D eigenvalue weighted by atomic mass is 35.5. The Bertz CT molecular complexity index is 669. The van der Waals surface area contributed by atoms with Crippen molar-refractivity contribution < 1.29 is 9.47 Å². The van der Waals surface area contributed by atoms with Gasteiger partial charge in [-0.1, -0.05) is 11.6 Å². The highest BCUT2D eigenvalue weighted by Crippen LogP contribution is 2.39. The van der Waals surface area contributed by atoms with Crippen molar-refractivity contribution in [1.29, 1.82) is 0 Å². The van der Waals surface area contributed by atoms with E-state index in [2.05, 4.69) is 9.97 Å². The Morgan fingerprint density at radius 3 is 2.95 bits per heavy atom. The fourth-order valence-electron chi connectivity index (χ4n) is 1.88. The topological polar surface area (TPSA) is 64.2 Å². The van der Waals surface area contributed by atoms with E-state index in [1.165, 1.54) is 12.3 Å². The number of nitrogens with one attached hydrogen (secondary N) is 1. The van der Waals surface area contributed by atoms with Gasteiger partial charge in [0.25, 0.3) is 5.56 Å². The molecule has 0 fully saturated rings. The molecular formula is C13H11ClN2O3. The molecule has 0 amide bonds. The minimum atomic E-state index is -0.215. The zero-order valence-corrected chi connectivity index (χ0v) is 10.7. The molecule has 1 aliphatic heterocycles. The van der Waals surface area contributed by atoms with Gasteiger partial charge in [0.2, 0.25) is 0 Å². The zero-order chi connectivity index (χ0) is 13.2. The first-order chi connectivity index (χ1) is 9.24. The van der Waals surface area contributed by atoms with E-state index in [1.807, 2.05) is 0 Å². The van der Waals surface area contributed by atoms with E-state index in [-0.39, 0.29) is 5.56 Å². The van der Waals surface area contributed by atoms with Crippen molar-refractivity contribution in [3.8, 4) is 22.9 Å². The third-order valence-electron chi connectivity index (χ3n) is 2.75. The Morgan fingerprint density at radius 2 is 2.11 bits per heavy atom. The molecule has 98 valence electrons. The average Bonchev–Trinajstić information content (AvgIpc) is 2.64. The Hall–Kier alpha value is -2.01. The summed E-state index contributed by atoms with van der Waals surface area (Å²) in [6.07, 6.45) is 2.26. The number of hydrogen-bond acceptors (Lipinski definition) is 4. The van der Waals surface area contributed by atoms with Crippen LogP contribution in [-0.4, -0.2) is 23.2 Å². The van der Waals surface area contributed by atoms with E-state index in [9.17, 15) is 4.79 Å². The monoisotopic (exact) mass is 278 g/mol. The van der Waals surface area contributed by atoms with Gasteiger partial charge in [-0.05, 0) is 12.1 Å². The van der Waals surface area contributed by atoms with E-state index >= 15 is 0 Å². The molecule has 0 aliphatic carbocycles. The molecule has 0 radical (unpaired) electrons. The molecule has 6 heteroatoms. The maximum atomic E-state index is 11.3. The number of ether oxygens (including phenoxy) is 2. The Kier molecular flexibility index (Phi) is 3.13. The molecule has 1 aromatic carbocycles. The molecule has 2 heterocycles. The Morgan fingerprint density at radius 1 is 1.26 bits per heavy atom. The lowest BCUT2D eigenvalue weighted by molar-refractivity contribution is 0.297. The molecule has 0 atom stereocenters. The molecule has 5 nitrogen and oxygen atoms in total. The first-order valence-corrected chi connectivity index (χ1v) is 6.27. The maximum Gasteiger partial charge on any atom is 0.251 e. The number of rotatable bonds is 1. The predicted molar refractivity (Wildman–Crippen MR) is 70.9 cm³/mol. The van der Waals surface area contributed by atoms with Crippen LogP contribution in [0.1, 0.15) is 6.42 Å². The van der Waals surface area contributed by atoms with Crippen LogP contribution in [0, 0.1) is 0 Å². The SMILES string of the molecule is O=c1ccnc(-c2cc(Cl)c3c(c2)OCCCO3)[nH]1. The van der Waals surface area contributed by atoms with Gasteiger partial charge in [-0.25, -0.2) is 4.98 Å². The van der Waals surface area contributed by atoms with Gasteiger partial charge in [-0.3, -0.25) is 4.79 Å². The number of benzene rings is 1. The molecule has 1 aromatic heterocycles. The summed E-state index contributed by atoms with van der Waals surface area (Å²) in [6.45, 7) is 1.15. The second kappa shape index (κ2) is 4.93. The average molecular weight is 279 g/mol. The van der Waals surface area contributed by atoms with Crippen molar-refractivity contribution in [2.75, 3.05) is 13.2 Å². The third-order valence-corrected chi connectivity index (χ3v) is 3.03. The number of fused-ring (bicyclic) bond motifs is 1. The molecule has 1 N–H and O–H groups in total. The lowest BCUT2D eigenvalue weighted by Crippen LogP contribution is -2.06. The van der Waals surface area contributed by atoms with Gasteiger partial charge in [0.1, 0.15) is 5.82 Å². The van der Waals surface area contributed by atoms with Crippen LogP contribution >= 0.6 is 11.6 Å². The molecular weight excluding hydrogens is 268 g/mol. The van der Waals surface area contributed by atoms with Crippen molar-refractivity contribution in [1.82, 2.24) is 9.97 Å². The van der Waals surface area contributed by atoms with Crippen LogP contribution in [0.2, 0.25) is 5.02 Å². The van der Waals surface area contributed by atoms with Crippen LogP contribution < -0.4 is 15.0 Å². The first kappa shape index (κ1) is 12.0. The van der Waals surface area contributed by atoms with Gasteiger partial charge in [0.05, 0.1) is 18.2 Å². The molecule has 2 aromatic rings. The van der Waals surface area contributed by atoms with Crippen molar-refractivity contribution in [3.05, 3.63) is 39.8 Å². The standard InChI is InChI=1S/C13H11ClN2O3/c14-9-6-8(13-15-3-2-11(17)16-13)7-10-12(9)19-5-1-4-18-10/h2-3,6-7H,1,4-5H2,(H,15,16,17). The fourth-order valence-corrected chi connectivity index (χ4v) is 2.15. The number of halogens is 1. The van der Waals surface area contributed by atoms with Crippen molar-refractivity contribution >= 4 is 11.6 Å². The molecule has 0 saturated heterocycles. The summed E-state index contributed by atoms with van der Waals surface area (Å²) in [5.41, 5.74) is 0.472. The summed E-state index contributed by atoms with van der Waals surface area (Å²) < 4.78 is 11.1. The van der Waals surface area contributed by atoms with Crippen LogP contribution in [-0.2, 0) is 0 Å². The molecule has 0 spiro atoms. The summed E-state index contributed by atoms with van der Waals surface area (Å²) in [4.78, 5) is 18.1. The minimum absolute atomic E-state index is 0.215. The third kappa shape index (κ3) is 2.42. The van der Waals surface area contributed by atoms with Gasteiger partial charge in [0.15, 0.2) is 11.5 Å². The van der Waals surface area contributed by atoms with E-state index < -0.39 is 0 Å². The second-order valence-electron chi connectivity index (χ2n) is 4.12. The van der Waals surface area contributed by atoms with Gasteiger partial charge in [-0.2, -0.15) is 0 Å². The van der Waals surface area contributed by atoms with Crippen LogP contribution in [0.15, 0.2) is 29.2 Å². The summed E-state index contributed by atoms with van der Waals surface area (Å²) in [6, 6.07) is 4.83. The van der Waals surface area contributed by atoms with E-state index in [1.54, 1.807) is 12.1 Å². The molecule has 0 unspecified atom stereocenters. The van der Waals surface area contributed by atoms with Gasteiger partial charge < -0.3 is 14.5 Å². The summed E-state index contributed by atoms with van der Waals surface area (Å²) in [5.74, 6) is 1.57.